The maximum Gasteiger partial charge on any atom is 0.264 e. The number of nitrogens with one attached hydrogen (secondary N) is 1. The molecule has 2 aromatic rings. The Balaban J connectivity index is 1.66. The molecule has 1 aliphatic heterocycles. The second-order valence-corrected chi connectivity index (χ2v) is 11.5. The average molecular weight is 476 g/mol. The van der Waals surface area contributed by atoms with Gasteiger partial charge in [0.15, 0.2) is 9.84 Å². The summed E-state index contributed by atoms with van der Waals surface area (Å²) in [5.74, 6) is 11.3. The van der Waals surface area contributed by atoms with Crippen LogP contribution in [0.25, 0.3) is 10.2 Å². The number of rotatable bonds is 7. The third kappa shape index (κ3) is 5.47. The molecule has 0 saturated carbocycles. The number of fused-ring (bicyclic) bond motifs is 1. The molecule has 1 amide bonds. The van der Waals surface area contributed by atoms with E-state index in [1.54, 1.807) is 0 Å². The number of aryl methyl sites for hydroxylation is 1. The highest BCUT2D eigenvalue weighted by Crippen LogP contribution is 2.28. The first-order valence-electron chi connectivity index (χ1n) is 10.0. The average Bonchev–Trinajstić information content (AvgIpc) is 3.13. The molecule has 1 aromatic heterocycles. The minimum absolute atomic E-state index is 0.00278. The van der Waals surface area contributed by atoms with Crippen molar-refractivity contribution in [2.45, 2.75) is 24.5 Å². The lowest BCUT2D eigenvalue weighted by molar-refractivity contribution is -0.131. The van der Waals surface area contributed by atoms with Crippen molar-refractivity contribution in [2.24, 2.45) is 5.92 Å². The number of aliphatic hydroxyl groups excluding tert-OH is 1. The van der Waals surface area contributed by atoms with Gasteiger partial charge in [-0.3, -0.25) is 14.9 Å². The fraction of sp³-hybridized carbons (Fsp3) is 0.455. The maximum absolute atomic E-state index is 12.1. The van der Waals surface area contributed by atoms with Gasteiger partial charge in [-0.25, -0.2) is 18.9 Å². The van der Waals surface area contributed by atoms with E-state index in [-0.39, 0.29) is 19.4 Å². The van der Waals surface area contributed by atoms with E-state index >= 15 is 0 Å². The van der Waals surface area contributed by atoms with Crippen molar-refractivity contribution in [1.82, 2.24) is 15.4 Å². The standard InChI is InChI=1S/C22H25N3O5S2/c1-22(21(27)24-28,32(2,29)30)10-9-20-23-18-8-7-16(13-19(18)31-20)5-3-4-6-17-14-25(15-17)11-12-26/h7-8,13,17,26,28H,9-12,14-15H2,1-2H3,(H,24,27). The molecule has 1 aliphatic rings. The van der Waals surface area contributed by atoms with Gasteiger partial charge >= 0.3 is 0 Å². The first-order chi connectivity index (χ1) is 15.2. The fourth-order valence-electron chi connectivity index (χ4n) is 3.31. The zero-order valence-corrected chi connectivity index (χ0v) is 19.5. The fourth-order valence-corrected chi connectivity index (χ4v) is 5.18. The Hall–Kier alpha value is -2.47. The number of aromatic nitrogens is 1. The molecule has 0 spiro atoms. The molecule has 1 fully saturated rings. The van der Waals surface area contributed by atoms with Gasteiger partial charge in [-0.05, 0) is 43.4 Å². The molecule has 32 heavy (non-hydrogen) atoms. The van der Waals surface area contributed by atoms with Crippen LogP contribution in [0.1, 0.15) is 23.9 Å². The summed E-state index contributed by atoms with van der Waals surface area (Å²) >= 11 is 1.41. The lowest BCUT2D eigenvalue weighted by atomic mass is 10.0. The summed E-state index contributed by atoms with van der Waals surface area (Å²) in [4.78, 5) is 18.6. The molecule has 10 heteroatoms. The van der Waals surface area contributed by atoms with Crippen LogP contribution >= 0.6 is 11.3 Å². The third-order valence-electron chi connectivity index (χ3n) is 5.57. The van der Waals surface area contributed by atoms with E-state index < -0.39 is 20.5 Å². The Labute approximate surface area is 191 Å². The van der Waals surface area contributed by atoms with Crippen LogP contribution in [-0.2, 0) is 21.1 Å². The third-order valence-corrected chi connectivity index (χ3v) is 8.67. The van der Waals surface area contributed by atoms with Crippen molar-refractivity contribution < 1.29 is 23.5 Å². The molecule has 0 aliphatic carbocycles. The Morgan fingerprint density at radius 1 is 1.38 bits per heavy atom. The van der Waals surface area contributed by atoms with Gasteiger partial charge in [0.25, 0.3) is 5.91 Å². The number of carbonyl (C=O) groups excluding carboxylic acids is 1. The monoisotopic (exact) mass is 475 g/mol. The lowest BCUT2D eigenvalue weighted by Crippen LogP contribution is -2.49. The molecular formula is C22H25N3O5S2. The van der Waals surface area contributed by atoms with E-state index in [0.717, 1.165) is 35.1 Å². The molecule has 0 radical (unpaired) electrons. The highest BCUT2D eigenvalue weighted by atomic mass is 32.2. The number of hydrogen-bond donors (Lipinski definition) is 3. The quantitative estimate of drug-likeness (QED) is 0.308. The number of nitrogens with zero attached hydrogens (tertiary/aromatic N) is 2. The van der Waals surface area contributed by atoms with Gasteiger partial charge in [0.2, 0.25) is 0 Å². The van der Waals surface area contributed by atoms with Crippen molar-refractivity contribution in [3.8, 4) is 23.7 Å². The number of β-amino-alcohol motifs (C(OH)–C–C–N with tert-alkyl or cyclic N) is 1. The van der Waals surface area contributed by atoms with Crippen LogP contribution in [0.3, 0.4) is 0 Å². The number of likely N-dealkylation sites (tertiary alicyclic amines) is 1. The molecule has 1 unspecified atom stereocenters. The Kier molecular flexibility index (Phi) is 7.55. The highest BCUT2D eigenvalue weighted by Gasteiger charge is 2.43. The summed E-state index contributed by atoms with van der Waals surface area (Å²) in [5.41, 5.74) is 3.03. The van der Waals surface area contributed by atoms with Gasteiger partial charge in [-0.1, -0.05) is 11.8 Å². The van der Waals surface area contributed by atoms with Crippen LogP contribution in [0.5, 0.6) is 0 Å². The minimum atomic E-state index is -3.75. The van der Waals surface area contributed by atoms with Gasteiger partial charge in [-0.2, -0.15) is 0 Å². The Morgan fingerprint density at radius 3 is 2.78 bits per heavy atom. The van der Waals surface area contributed by atoms with Gasteiger partial charge in [-0.15, -0.1) is 11.3 Å². The first-order valence-corrected chi connectivity index (χ1v) is 12.8. The first kappa shape index (κ1) is 24.2. The molecular weight excluding hydrogens is 450 g/mol. The molecule has 2 heterocycles. The second kappa shape index (κ2) is 9.99. The van der Waals surface area contributed by atoms with E-state index in [0.29, 0.717) is 17.5 Å². The number of hydroxylamine groups is 1. The predicted molar refractivity (Wildman–Crippen MR) is 123 cm³/mol. The summed E-state index contributed by atoms with van der Waals surface area (Å²) in [6.45, 7) is 3.87. The zero-order valence-electron chi connectivity index (χ0n) is 17.9. The van der Waals surface area contributed by atoms with Crippen LogP contribution < -0.4 is 5.48 Å². The summed E-state index contributed by atoms with van der Waals surface area (Å²) in [6, 6.07) is 5.61. The zero-order chi connectivity index (χ0) is 23.4. The molecule has 1 aromatic carbocycles. The number of benzene rings is 1. The van der Waals surface area contributed by atoms with E-state index in [1.165, 1.54) is 23.7 Å². The van der Waals surface area contributed by atoms with Crippen molar-refractivity contribution in [2.75, 3.05) is 32.5 Å². The summed E-state index contributed by atoms with van der Waals surface area (Å²) in [5, 5.41) is 18.5. The van der Waals surface area contributed by atoms with Crippen molar-refractivity contribution in [1.29, 1.82) is 0 Å². The van der Waals surface area contributed by atoms with Crippen LogP contribution in [-0.4, -0.2) is 71.8 Å². The molecule has 3 rings (SSSR count). The molecule has 1 atom stereocenters. The van der Waals surface area contributed by atoms with Gasteiger partial charge < -0.3 is 5.11 Å². The van der Waals surface area contributed by atoms with Gasteiger partial charge in [0.05, 0.1) is 21.8 Å². The summed E-state index contributed by atoms with van der Waals surface area (Å²) in [7, 11) is -3.75. The lowest BCUT2D eigenvalue weighted by Gasteiger charge is -2.35. The highest BCUT2D eigenvalue weighted by molar-refractivity contribution is 7.92. The SMILES string of the molecule is CC(CCc1nc2ccc(C#CC#CC3CN(CCO)C3)cc2s1)(C(=O)NO)S(C)(=O)=O. The predicted octanol–water partition coefficient (Wildman–Crippen LogP) is 0.817. The van der Waals surface area contributed by atoms with Crippen molar-refractivity contribution >= 4 is 37.3 Å². The number of sulfone groups is 1. The molecule has 170 valence electrons. The van der Waals surface area contributed by atoms with Crippen molar-refractivity contribution in [3.05, 3.63) is 28.8 Å². The number of carbonyl (C=O) groups is 1. The molecule has 8 nitrogen and oxygen atoms in total. The molecule has 3 N–H and O–H groups in total. The molecule has 1 saturated heterocycles. The van der Waals surface area contributed by atoms with E-state index in [1.807, 2.05) is 18.2 Å². The second-order valence-electron chi connectivity index (χ2n) is 7.93. The van der Waals surface area contributed by atoms with Gasteiger partial charge in [0, 0.05) is 43.8 Å². The van der Waals surface area contributed by atoms with Crippen LogP contribution in [0.2, 0.25) is 0 Å². The summed E-state index contributed by atoms with van der Waals surface area (Å²) in [6.07, 6.45) is 1.25. The maximum atomic E-state index is 12.1. The molecule has 0 bridgehead atoms. The number of aliphatic hydroxyl groups is 1. The van der Waals surface area contributed by atoms with E-state index in [9.17, 15) is 13.2 Å². The van der Waals surface area contributed by atoms with E-state index in [2.05, 4.69) is 33.6 Å². The number of hydrogen-bond acceptors (Lipinski definition) is 8. The van der Waals surface area contributed by atoms with Crippen molar-refractivity contribution in [3.63, 3.8) is 0 Å². The Bertz CT molecular complexity index is 1230. The van der Waals surface area contributed by atoms with E-state index in [4.69, 9.17) is 10.3 Å². The van der Waals surface area contributed by atoms with Crippen LogP contribution in [0.15, 0.2) is 18.2 Å². The summed E-state index contributed by atoms with van der Waals surface area (Å²) < 4.78 is 23.4. The topological polar surface area (TPSA) is 120 Å². The van der Waals surface area contributed by atoms with Crippen LogP contribution in [0, 0.1) is 29.6 Å². The largest absolute Gasteiger partial charge is 0.395 e. The number of thiazole rings is 1. The van der Waals surface area contributed by atoms with Crippen LogP contribution in [0.4, 0.5) is 0 Å². The van der Waals surface area contributed by atoms with Gasteiger partial charge in [0.1, 0.15) is 4.75 Å². The normalized spacial score (nSPS) is 16.2. The smallest absolute Gasteiger partial charge is 0.264 e. The minimum Gasteiger partial charge on any atom is -0.395 e. The number of amides is 1. The Morgan fingerprint density at radius 2 is 2.12 bits per heavy atom.